The number of rotatable bonds is 9. The minimum atomic E-state index is 0. The molecule has 3 rings (SSSR count). The quantitative estimate of drug-likeness (QED) is 0.273. The molecule has 2 fully saturated rings. The maximum Gasteiger partial charge on any atom is 0.191 e. The predicted molar refractivity (Wildman–Crippen MR) is 142 cm³/mol. The van der Waals surface area contributed by atoms with Crippen LogP contribution in [0.25, 0.3) is 0 Å². The monoisotopic (exact) mass is 564 g/mol. The first-order chi connectivity index (χ1) is 14.7. The molecule has 2 unspecified atom stereocenters. The van der Waals surface area contributed by atoms with Crippen LogP contribution < -0.4 is 10.6 Å². The van der Waals surface area contributed by atoms with Crippen LogP contribution in [-0.2, 0) is 4.74 Å². The number of nitrogens with zero attached hydrogens (tertiary/aromatic N) is 4. The zero-order valence-corrected chi connectivity index (χ0v) is 22.5. The molecule has 2 saturated heterocycles. The van der Waals surface area contributed by atoms with Gasteiger partial charge in [0, 0.05) is 63.3 Å². The van der Waals surface area contributed by atoms with E-state index in [2.05, 4.69) is 63.6 Å². The van der Waals surface area contributed by atoms with Crippen molar-refractivity contribution in [1.29, 1.82) is 0 Å². The van der Waals surface area contributed by atoms with Crippen molar-refractivity contribution >= 4 is 41.3 Å². The molecular formula is C22H41IN6OS. The molecule has 9 heteroatoms. The lowest BCUT2D eigenvalue weighted by molar-refractivity contribution is 0.0177. The molecule has 0 saturated carbocycles. The number of morpholine rings is 1. The minimum Gasteiger partial charge on any atom is -0.379 e. The summed E-state index contributed by atoms with van der Waals surface area (Å²) in [5.41, 5.74) is 0. The summed E-state index contributed by atoms with van der Waals surface area (Å²) in [4.78, 5) is 14.0. The largest absolute Gasteiger partial charge is 0.379 e. The molecule has 31 heavy (non-hydrogen) atoms. The molecule has 3 heterocycles. The first kappa shape index (κ1) is 26.8. The molecule has 2 aliphatic rings. The summed E-state index contributed by atoms with van der Waals surface area (Å²) in [6.07, 6.45) is 0. The molecule has 1 aromatic heterocycles. The van der Waals surface area contributed by atoms with Gasteiger partial charge in [0.1, 0.15) is 0 Å². The van der Waals surface area contributed by atoms with E-state index < -0.39 is 0 Å². The van der Waals surface area contributed by atoms with Crippen molar-refractivity contribution in [3.8, 4) is 0 Å². The molecule has 0 amide bonds. The highest BCUT2D eigenvalue weighted by Crippen LogP contribution is 2.25. The van der Waals surface area contributed by atoms with E-state index in [4.69, 9.17) is 9.73 Å². The van der Waals surface area contributed by atoms with E-state index in [1.807, 2.05) is 11.3 Å². The number of halogens is 1. The molecule has 0 spiro atoms. The van der Waals surface area contributed by atoms with Gasteiger partial charge >= 0.3 is 0 Å². The Hall–Kier alpha value is -0.460. The average molecular weight is 565 g/mol. The zero-order valence-electron chi connectivity index (χ0n) is 19.4. The highest BCUT2D eigenvalue weighted by molar-refractivity contribution is 14.0. The normalized spacial score (nSPS) is 21.3. The molecule has 2 atom stereocenters. The van der Waals surface area contributed by atoms with E-state index in [-0.39, 0.29) is 24.0 Å². The fourth-order valence-electron chi connectivity index (χ4n) is 4.17. The van der Waals surface area contributed by atoms with E-state index in [0.717, 1.165) is 71.5 Å². The maximum atomic E-state index is 5.57. The van der Waals surface area contributed by atoms with Crippen LogP contribution in [0.1, 0.15) is 31.7 Å². The second-order valence-electron chi connectivity index (χ2n) is 8.10. The van der Waals surface area contributed by atoms with Crippen LogP contribution in [-0.4, -0.2) is 105 Å². The summed E-state index contributed by atoms with van der Waals surface area (Å²) in [7, 11) is 0. The molecule has 7 nitrogen and oxygen atoms in total. The Kier molecular flexibility index (Phi) is 12.7. The predicted octanol–water partition coefficient (Wildman–Crippen LogP) is 2.32. The average Bonchev–Trinajstić information content (AvgIpc) is 3.32. The lowest BCUT2D eigenvalue weighted by atomic mass is 10.2. The molecule has 0 radical (unpaired) electrons. The van der Waals surface area contributed by atoms with Crippen molar-refractivity contribution in [1.82, 2.24) is 25.3 Å². The fourth-order valence-corrected chi connectivity index (χ4v) is 5.03. The summed E-state index contributed by atoms with van der Waals surface area (Å²) in [5, 5.41) is 9.22. The van der Waals surface area contributed by atoms with Gasteiger partial charge in [0.05, 0.1) is 25.8 Å². The minimum absolute atomic E-state index is 0. The van der Waals surface area contributed by atoms with Gasteiger partial charge < -0.3 is 20.3 Å². The molecule has 2 N–H and O–H groups in total. The third-order valence-electron chi connectivity index (χ3n) is 6.16. The second kappa shape index (κ2) is 14.6. The Balaban J connectivity index is 0.00000341. The maximum absolute atomic E-state index is 5.57. The van der Waals surface area contributed by atoms with Crippen molar-refractivity contribution in [2.45, 2.75) is 32.9 Å². The van der Waals surface area contributed by atoms with Gasteiger partial charge in [-0.3, -0.25) is 14.8 Å². The van der Waals surface area contributed by atoms with E-state index >= 15 is 0 Å². The SMILES string of the molecule is CCNC(=NCC(C)N1CCN(CC)CC1)NCC(c1cccs1)N1CCOCC1.I. The summed E-state index contributed by atoms with van der Waals surface area (Å²) < 4.78 is 5.57. The van der Waals surface area contributed by atoms with Crippen LogP contribution >= 0.6 is 35.3 Å². The van der Waals surface area contributed by atoms with Crippen LogP contribution in [0.2, 0.25) is 0 Å². The Labute approximate surface area is 209 Å². The topological polar surface area (TPSA) is 55.4 Å². The molecular weight excluding hydrogens is 523 g/mol. The number of hydrogen-bond acceptors (Lipinski definition) is 6. The third-order valence-corrected chi connectivity index (χ3v) is 7.13. The van der Waals surface area contributed by atoms with Crippen LogP contribution in [0.3, 0.4) is 0 Å². The van der Waals surface area contributed by atoms with Crippen LogP contribution in [0.15, 0.2) is 22.5 Å². The number of piperazine rings is 1. The molecule has 0 aliphatic carbocycles. The van der Waals surface area contributed by atoms with Gasteiger partial charge in [-0.1, -0.05) is 13.0 Å². The van der Waals surface area contributed by atoms with Gasteiger partial charge in [-0.2, -0.15) is 0 Å². The highest BCUT2D eigenvalue weighted by Gasteiger charge is 2.24. The molecule has 1 aromatic rings. The van der Waals surface area contributed by atoms with Gasteiger partial charge in [0.15, 0.2) is 5.96 Å². The Bertz CT molecular complexity index is 618. The van der Waals surface area contributed by atoms with E-state index in [9.17, 15) is 0 Å². The summed E-state index contributed by atoms with van der Waals surface area (Å²) >= 11 is 1.84. The molecule has 0 bridgehead atoms. The van der Waals surface area contributed by atoms with Gasteiger partial charge in [-0.05, 0) is 31.8 Å². The molecule has 178 valence electrons. The van der Waals surface area contributed by atoms with Crippen LogP contribution in [0.5, 0.6) is 0 Å². The summed E-state index contributed by atoms with van der Waals surface area (Å²) in [6.45, 7) is 18.6. The molecule has 2 aliphatic heterocycles. The lowest BCUT2D eigenvalue weighted by Gasteiger charge is -2.37. The van der Waals surface area contributed by atoms with Gasteiger partial charge in [0.25, 0.3) is 0 Å². The van der Waals surface area contributed by atoms with Gasteiger partial charge in [-0.15, -0.1) is 35.3 Å². The third kappa shape index (κ3) is 8.43. The Morgan fingerprint density at radius 2 is 1.84 bits per heavy atom. The first-order valence-electron chi connectivity index (χ1n) is 11.5. The van der Waals surface area contributed by atoms with Crippen molar-refractivity contribution in [3.05, 3.63) is 22.4 Å². The van der Waals surface area contributed by atoms with E-state index in [1.165, 1.54) is 18.0 Å². The standard InChI is InChI=1S/C22H40N6OS.HI/c1-4-23-22(24-17-19(3)27-10-8-26(5-2)9-11-27)25-18-20(21-7-6-16-30-21)28-12-14-29-15-13-28;/h6-7,16,19-20H,4-5,8-15,17-18H2,1-3H3,(H2,23,24,25);1H. The van der Waals surface area contributed by atoms with Crippen LogP contribution in [0, 0.1) is 0 Å². The van der Waals surface area contributed by atoms with Crippen molar-refractivity contribution < 1.29 is 4.74 Å². The smallest absolute Gasteiger partial charge is 0.191 e. The zero-order chi connectivity index (χ0) is 21.2. The fraction of sp³-hybridized carbons (Fsp3) is 0.773. The van der Waals surface area contributed by atoms with Gasteiger partial charge in [-0.25, -0.2) is 0 Å². The summed E-state index contributed by atoms with van der Waals surface area (Å²) in [6, 6.07) is 5.21. The lowest BCUT2D eigenvalue weighted by Crippen LogP contribution is -2.50. The Morgan fingerprint density at radius 1 is 1.10 bits per heavy atom. The van der Waals surface area contributed by atoms with Gasteiger partial charge in [0.2, 0.25) is 0 Å². The number of guanidine groups is 1. The number of thiophene rings is 1. The number of aliphatic imine (C=N–C) groups is 1. The number of likely N-dealkylation sites (N-methyl/N-ethyl adjacent to an activating group) is 1. The first-order valence-corrected chi connectivity index (χ1v) is 12.4. The van der Waals surface area contributed by atoms with E-state index in [0.29, 0.717) is 12.1 Å². The Morgan fingerprint density at radius 3 is 2.45 bits per heavy atom. The van der Waals surface area contributed by atoms with Crippen molar-refractivity contribution in [3.63, 3.8) is 0 Å². The van der Waals surface area contributed by atoms with E-state index in [1.54, 1.807) is 0 Å². The van der Waals surface area contributed by atoms with Crippen molar-refractivity contribution in [2.24, 2.45) is 4.99 Å². The number of nitrogens with one attached hydrogen (secondary N) is 2. The highest BCUT2D eigenvalue weighted by atomic mass is 127. The number of ether oxygens (including phenoxy) is 1. The molecule has 0 aromatic carbocycles. The summed E-state index contributed by atoms with van der Waals surface area (Å²) in [5.74, 6) is 0.923. The second-order valence-corrected chi connectivity index (χ2v) is 9.08. The van der Waals surface area contributed by atoms with Crippen molar-refractivity contribution in [2.75, 3.05) is 78.7 Å². The number of hydrogen-bond donors (Lipinski definition) is 2. The van der Waals surface area contributed by atoms with Crippen LogP contribution in [0.4, 0.5) is 0 Å².